The van der Waals surface area contributed by atoms with Crippen LogP contribution in [0.15, 0.2) is 0 Å². The lowest BCUT2D eigenvalue weighted by Crippen LogP contribution is -2.37. The summed E-state index contributed by atoms with van der Waals surface area (Å²) in [6, 6.07) is 0. The zero-order valence-corrected chi connectivity index (χ0v) is 10.3. The molecule has 0 aliphatic carbocycles. The van der Waals surface area contributed by atoms with Crippen LogP contribution in [0.3, 0.4) is 0 Å². The molecule has 2 rings (SSSR count). The molecule has 88 valence electrons. The van der Waals surface area contributed by atoms with Gasteiger partial charge in [-0.25, -0.2) is 0 Å². The van der Waals surface area contributed by atoms with E-state index in [9.17, 15) is 4.79 Å². The Morgan fingerprint density at radius 1 is 1.33 bits per heavy atom. The van der Waals surface area contributed by atoms with E-state index in [1.54, 1.807) is 0 Å². The molecule has 3 atom stereocenters. The number of nitrogens with zero attached hydrogens (tertiary/aromatic N) is 1. The summed E-state index contributed by atoms with van der Waals surface area (Å²) in [5, 5.41) is 3.29. The third-order valence-electron chi connectivity index (χ3n) is 3.57. The van der Waals surface area contributed by atoms with Gasteiger partial charge in [0.2, 0.25) is 5.91 Å². The van der Waals surface area contributed by atoms with Gasteiger partial charge in [-0.1, -0.05) is 13.8 Å². The second-order valence-corrected chi connectivity index (χ2v) is 4.92. The van der Waals surface area contributed by atoms with Gasteiger partial charge in [-0.15, -0.1) is 12.4 Å². The molecule has 3 nitrogen and oxygen atoms in total. The monoisotopic (exact) mass is 232 g/mol. The summed E-state index contributed by atoms with van der Waals surface area (Å²) < 4.78 is 0. The van der Waals surface area contributed by atoms with E-state index in [0.29, 0.717) is 17.7 Å². The molecule has 0 spiro atoms. The molecule has 2 saturated heterocycles. The maximum atomic E-state index is 12.1. The van der Waals surface area contributed by atoms with E-state index in [4.69, 9.17) is 0 Å². The molecule has 2 fully saturated rings. The van der Waals surface area contributed by atoms with Gasteiger partial charge in [-0.3, -0.25) is 4.79 Å². The maximum absolute atomic E-state index is 12.1. The Bertz CT molecular complexity index is 235. The van der Waals surface area contributed by atoms with Gasteiger partial charge >= 0.3 is 0 Å². The SMILES string of the molecule is CC1CCN(C(=O)[C@@H]2CNC[C@H]2C)C1.Cl. The Morgan fingerprint density at radius 2 is 2.07 bits per heavy atom. The number of carbonyl (C=O) groups excluding carboxylic acids is 1. The standard InChI is InChI=1S/C11H20N2O.ClH/c1-8-3-4-13(7-8)11(14)10-6-12-5-9(10)2;/h8-10,12H,3-7H2,1-2H3;1H/t8?,9-,10-;/m1./s1. The fourth-order valence-electron chi connectivity index (χ4n) is 2.51. The summed E-state index contributed by atoms with van der Waals surface area (Å²) >= 11 is 0. The van der Waals surface area contributed by atoms with E-state index < -0.39 is 0 Å². The summed E-state index contributed by atoms with van der Waals surface area (Å²) in [4.78, 5) is 14.1. The molecule has 0 aromatic carbocycles. The minimum absolute atomic E-state index is 0. The molecule has 1 N–H and O–H groups in total. The third kappa shape index (κ3) is 2.64. The number of nitrogens with one attached hydrogen (secondary N) is 1. The first-order valence-corrected chi connectivity index (χ1v) is 5.68. The van der Waals surface area contributed by atoms with Crippen molar-refractivity contribution >= 4 is 18.3 Å². The second kappa shape index (κ2) is 5.17. The van der Waals surface area contributed by atoms with Crippen LogP contribution in [0, 0.1) is 17.8 Å². The number of halogens is 1. The van der Waals surface area contributed by atoms with Crippen molar-refractivity contribution < 1.29 is 4.79 Å². The van der Waals surface area contributed by atoms with Crippen LogP contribution in [0.4, 0.5) is 0 Å². The average molecular weight is 233 g/mol. The Hall–Kier alpha value is -0.280. The molecule has 2 heterocycles. The van der Waals surface area contributed by atoms with Crippen LogP contribution in [0.25, 0.3) is 0 Å². The van der Waals surface area contributed by atoms with Gasteiger partial charge in [0.15, 0.2) is 0 Å². The molecule has 0 bridgehead atoms. The Kier molecular flexibility index (Phi) is 4.41. The topological polar surface area (TPSA) is 32.3 Å². The van der Waals surface area contributed by atoms with Crippen molar-refractivity contribution in [2.24, 2.45) is 17.8 Å². The molecule has 2 aliphatic heterocycles. The van der Waals surface area contributed by atoms with Crippen LogP contribution in [0.1, 0.15) is 20.3 Å². The first-order chi connectivity index (χ1) is 6.68. The number of hydrogen-bond donors (Lipinski definition) is 1. The molecular formula is C11H21ClN2O. The highest BCUT2D eigenvalue weighted by Crippen LogP contribution is 2.23. The van der Waals surface area contributed by atoms with Crippen LogP contribution < -0.4 is 5.32 Å². The molecular weight excluding hydrogens is 212 g/mol. The van der Waals surface area contributed by atoms with E-state index >= 15 is 0 Å². The van der Waals surface area contributed by atoms with Crippen molar-refractivity contribution in [2.45, 2.75) is 20.3 Å². The summed E-state index contributed by atoms with van der Waals surface area (Å²) in [5.74, 6) is 1.83. The molecule has 2 aliphatic rings. The Labute approximate surface area is 98.0 Å². The molecule has 0 radical (unpaired) electrons. The smallest absolute Gasteiger partial charge is 0.227 e. The normalized spacial score (nSPS) is 35.3. The summed E-state index contributed by atoms with van der Waals surface area (Å²) in [6.07, 6.45) is 1.18. The Morgan fingerprint density at radius 3 is 2.53 bits per heavy atom. The highest BCUT2D eigenvalue weighted by molar-refractivity contribution is 5.85. The fourth-order valence-corrected chi connectivity index (χ4v) is 2.51. The minimum atomic E-state index is 0. The molecule has 0 aromatic rings. The van der Waals surface area contributed by atoms with E-state index in [1.807, 2.05) is 0 Å². The summed E-state index contributed by atoms with van der Waals surface area (Å²) in [5.41, 5.74) is 0. The molecule has 15 heavy (non-hydrogen) atoms. The van der Waals surface area contributed by atoms with Crippen LogP contribution >= 0.6 is 12.4 Å². The van der Waals surface area contributed by atoms with Crippen LogP contribution in [-0.4, -0.2) is 37.0 Å². The Balaban J connectivity index is 0.00000112. The fraction of sp³-hybridized carbons (Fsp3) is 0.909. The van der Waals surface area contributed by atoms with Gasteiger partial charge in [0, 0.05) is 19.6 Å². The quantitative estimate of drug-likeness (QED) is 0.735. The number of rotatable bonds is 1. The van der Waals surface area contributed by atoms with Gasteiger partial charge in [-0.2, -0.15) is 0 Å². The number of amides is 1. The molecule has 4 heteroatoms. The predicted molar refractivity (Wildman–Crippen MR) is 63.1 cm³/mol. The van der Waals surface area contributed by atoms with Crippen molar-refractivity contribution in [3.8, 4) is 0 Å². The lowest BCUT2D eigenvalue weighted by molar-refractivity contribution is -0.135. The summed E-state index contributed by atoms with van der Waals surface area (Å²) in [7, 11) is 0. The average Bonchev–Trinajstić information content (AvgIpc) is 2.73. The molecule has 0 saturated carbocycles. The predicted octanol–water partition coefficient (Wildman–Crippen LogP) is 1.13. The van der Waals surface area contributed by atoms with Crippen molar-refractivity contribution in [2.75, 3.05) is 26.2 Å². The van der Waals surface area contributed by atoms with Crippen molar-refractivity contribution in [1.82, 2.24) is 10.2 Å². The van der Waals surface area contributed by atoms with Gasteiger partial charge in [0.05, 0.1) is 5.92 Å². The maximum Gasteiger partial charge on any atom is 0.227 e. The van der Waals surface area contributed by atoms with E-state index in [0.717, 1.165) is 26.2 Å². The van der Waals surface area contributed by atoms with Crippen LogP contribution in [0.2, 0.25) is 0 Å². The molecule has 0 aromatic heterocycles. The van der Waals surface area contributed by atoms with Crippen molar-refractivity contribution in [3.05, 3.63) is 0 Å². The first kappa shape index (κ1) is 12.8. The van der Waals surface area contributed by atoms with E-state index in [1.165, 1.54) is 6.42 Å². The second-order valence-electron chi connectivity index (χ2n) is 4.92. The van der Waals surface area contributed by atoms with Crippen LogP contribution in [0.5, 0.6) is 0 Å². The summed E-state index contributed by atoms with van der Waals surface area (Å²) in [6.45, 7) is 8.22. The van der Waals surface area contributed by atoms with Gasteiger partial charge in [0.1, 0.15) is 0 Å². The largest absolute Gasteiger partial charge is 0.342 e. The molecule has 1 amide bonds. The highest BCUT2D eigenvalue weighted by Gasteiger charge is 2.34. The van der Waals surface area contributed by atoms with E-state index in [-0.39, 0.29) is 18.3 Å². The number of likely N-dealkylation sites (tertiary alicyclic amines) is 1. The van der Waals surface area contributed by atoms with Crippen molar-refractivity contribution in [3.63, 3.8) is 0 Å². The van der Waals surface area contributed by atoms with E-state index in [2.05, 4.69) is 24.1 Å². The lowest BCUT2D eigenvalue weighted by atomic mass is 9.97. The zero-order valence-electron chi connectivity index (χ0n) is 9.53. The van der Waals surface area contributed by atoms with Crippen LogP contribution in [-0.2, 0) is 4.79 Å². The number of hydrogen-bond acceptors (Lipinski definition) is 2. The number of carbonyl (C=O) groups is 1. The first-order valence-electron chi connectivity index (χ1n) is 5.68. The van der Waals surface area contributed by atoms with Crippen molar-refractivity contribution in [1.29, 1.82) is 0 Å². The van der Waals surface area contributed by atoms with Gasteiger partial charge < -0.3 is 10.2 Å². The van der Waals surface area contributed by atoms with Gasteiger partial charge in [0.25, 0.3) is 0 Å². The van der Waals surface area contributed by atoms with Gasteiger partial charge in [-0.05, 0) is 24.8 Å². The highest BCUT2D eigenvalue weighted by atomic mass is 35.5. The molecule has 1 unspecified atom stereocenters. The third-order valence-corrected chi connectivity index (χ3v) is 3.57. The minimum Gasteiger partial charge on any atom is -0.342 e. The zero-order chi connectivity index (χ0) is 10.1. The lowest BCUT2D eigenvalue weighted by Gasteiger charge is -2.22.